The summed E-state index contributed by atoms with van der Waals surface area (Å²) in [6.07, 6.45) is -0.0353. The van der Waals surface area contributed by atoms with E-state index in [9.17, 15) is 14.4 Å². The Balaban J connectivity index is 1.70. The summed E-state index contributed by atoms with van der Waals surface area (Å²) in [4.78, 5) is 34.9. The van der Waals surface area contributed by atoms with Gasteiger partial charge in [-0.1, -0.05) is 24.8 Å². The normalized spacial score (nSPS) is 9.86. The fourth-order valence-electron chi connectivity index (χ4n) is 2.34. The molecule has 0 aliphatic carbocycles. The fraction of sp³-hybridized carbons (Fsp3) is 0.190. The Morgan fingerprint density at radius 1 is 0.897 bits per heavy atom. The van der Waals surface area contributed by atoms with Crippen LogP contribution in [0.5, 0.6) is 5.75 Å². The minimum absolute atomic E-state index is 0.0353. The first-order valence-corrected chi connectivity index (χ1v) is 8.92. The summed E-state index contributed by atoms with van der Waals surface area (Å²) in [5, 5.41) is 5.35. The van der Waals surface area contributed by atoms with Crippen LogP contribution in [0.2, 0.25) is 0 Å². The predicted octanol–water partition coefficient (Wildman–Crippen LogP) is 2.50. The zero-order valence-corrected chi connectivity index (χ0v) is 16.4. The number of aryl methyl sites for hydroxylation is 1. The molecule has 2 aromatic rings. The Bertz CT molecular complexity index is 894. The fourth-order valence-corrected chi connectivity index (χ4v) is 2.34. The van der Waals surface area contributed by atoms with Gasteiger partial charge in [-0.25, -0.2) is 0 Å². The van der Waals surface area contributed by atoms with E-state index in [1.165, 1.54) is 6.92 Å². The zero-order valence-electron chi connectivity index (χ0n) is 16.4. The summed E-state index contributed by atoms with van der Waals surface area (Å²) in [6.45, 7) is 6.85. The first-order chi connectivity index (χ1) is 13.8. The lowest BCUT2D eigenvalue weighted by Gasteiger charge is -2.13. The molecule has 0 aliphatic rings. The molecule has 0 fully saturated rings. The molecule has 0 bridgehead atoms. The van der Waals surface area contributed by atoms with Gasteiger partial charge in [-0.05, 0) is 42.8 Å². The molecule has 0 saturated carbocycles. The number of rotatable bonds is 9. The number of ether oxygens (including phenoxy) is 1. The van der Waals surface area contributed by atoms with Gasteiger partial charge >= 0.3 is 0 Å². The Morgan fingerprint density at radius 2 is 1.52 bits per heavy atom. The molecule has 0 aliphatic heterocycles. The van der Waals surface area contributed by atoms with Gasteiger partial charge in [0.1, 0.15) is 5.75 Å². The van der Waals surface area contributed by atoms with Gasteiger partial charge < -0.3 is 20.8 Å². The van der Waals surface area contributed by atoms with Crippen molar-refractivity contribution >= 4 is 29.1 Å². The number of amides is 3. The lowest BCUT2D eigenvalue weighted by molar-refractivity contribution is -0.124. The molecule has 2 aromatic carbocycles. The third kappa shape index (κ3) is 7.76. The van der Waals surface area contributed by atoms with Gasteiger partial charge in [-0.3, -0.25) is 19.8 Å². The predicted molar refractivity (Wildman–Crippen MR) is 111 cm³/mol. The van der Waals surface area contributed by atoms with Gasteiger partial charge in [-0.2, -0.15) is 0 Å². The van der Waals surface area contributed by atoms with Crippen LogP contribution in [0.4, 0.5) is 11.4 Å². The first kappa shape index (κ1) is 21.5. The highest BCUT2D eigenvalue weighted by Gasteiger charge is 2.08. The molecular weight excluding hydrogens is 372 g/mol. The lowest BCUT2D eigenvalue weighted by Crippen LogP contribution is -2.40. The van der Waals surface area contributed by atoms with Crippen LogP contribution in [-0.2, 0) is 14.4 Å². The molecule has 8 nitrogen and oxygen atoms in total. The topological polar surface area (TPSA) is 109 Å². The van der Waals surface area contributed by atoms with E-state index in [0.29, 0.717) is 22.8 Å². The van der Waals surface area contributed by atoms with Gasteiger partial charge in [0, 0.05) is 24.0 Å². The quantitative estimate of drug-likeness (QED) is 0.487. The van der Waals surface area contributed by atoms with Crippen molar-refractivity contribution in [3.8, 4) is 5.75 Å². The average Bonchev–Trinajstić information content (AvgIpc) is 2.67. The minimum Gasteiger partial charge on any atom is -0.483 e. The number of hydrazine groups is 1. The maximum atomic E-state index is 12.1. The van der Waals surface area contributed by atoms with Gasteiger partial charge in [0.15, 0.2) is 6.61 Å². The monoisotopic (exact) mass is 396 g/mol. The summed E-state index contributed by atoms with van der Waals surface area (Å²) in [6, 6.07) is 14.1. The second kappa shape index (κ2) is 10.5. The third-order valence-corrected chi connectivity index (χ3v) is 3.69. The van der Waals surface area contributed by atoms with Gasteiger partial charge in [-0.15, -0.1) is 0 Å². The van der Waals surface area contributed by atoms with Gasteiger partial charge in [0.05, 0.1) is 6.42 Å². The van der Waals surface area contributed by atoms with Crippen molar-refractivity contribution in [1.29, 1.82) is 0 Å². The number of carbonyl (C=O) groups excluding carboxylic acids is 3. The Hall–Kier alpha value is -3.81. The molecular formula is C21H24N4O4. The highest BCUT2D eigenvalue weighted by molar-refractivity contribution is 5.93. The number of benzene rings is 2. The lowest BCUT2D eigenvalue weighted by atomic mass is 10.2. The molecule has 0 unspecified atom stereocenters. The van der Waals surface area contributed by atoms with Crippen molar-refractivity contribution in [2.75, 3.05) is 17.2 Å². The molecule has 29 heavy (non-hydrogen) atoms. The van der Waals surface area contributed by atoms with Crippen LogP contribution in [0.1, 0.15) is 18.9 Å². The van der Waals surface area contributed by atoms with E-state index in [4.69, 9.17) is 4.74 Å². The van der Waals surface area contributed by atoms with Crippen LogP contribution < -0.4 is 26.2 Å². The van der Waals surface area contributed by atoms with Crippen molar-refractivity contribution in [3.63, 3.8) is 0 Å². The van der Waals surface area contributed by atoms with E-state index in [1.807, 2.05) is 25.1 Å². The summed E-state index contributed by atoms with van der Waals surface area (Å²) < 4.78 is 5.44. The van der Waals surface area contributed by atoms with Crippen molar-refractivity contribution < 1.29 is 19.1 Å². The smallest absolute Gasteiger partial charge is 0.276 e. The Kier molecular flexibility index (Phi) is 7.78. The van der Waals surface area contributed by atoms with Crippen LogP contribution in [-0.4, -0.2) is 24.3 Å². The molecule has 0 heterocycles. The van der Waals surface area contributed by atoms with Crippen LogP contribution in [0.15, 0.2) is 60.8 Å². The SMILES string of the molecule is C=C(CC(=O)Nc1ccc(NC(C)=O)cc1)NNC(=O)COc1ccccc1C. The number of anilines is 2. The van der Waals surface area contributed by atoms with Crippen molar-refractivity contribution in [3.05, 3.63) is 66.4 Å². The van der Waals surface area contributed by atoms with E-state index in [1.54, 1.807) is 30.3 Å². The van der Waals surface area contributed by atoms with Crippen LogP contribution in [0, 0.1) is 6.92 Å². The molecule has 0 spiro atoms. The highest BCUT2D eigenvalue weighted by Crippen LogP contribution is 2.16. The molecule has 0 saturated heterocycles. The van der Waals surface area contributed by atoms with Crippen LogP contribution in [0.3, 0.4) is 0 Å². The number of hydrogen-bond acceptors (Lipinski definition) is 5. The molecule has 8 heteroatoms. The first-order valence-electron chi connectivity index (χ1n) is 8.92. The maximum absolute atomic E-state index is 12.1. The largest absolute Gasteiger partial charge is 0.483 e. The van der Waals surface area contributed by atoms with Crippen molar-refractivity contribution in [1.82, 2.24) is 10.9 Å². The van der Waals surface area contributed by atoms with E-state index in [0.717, 1.165) is 5.56 Å². The average molecular weight is 396 g/mol. The molecule has 152 valence electrons. The molecule has 0 aromatic heterocycles. The highest BCUT2D eigenvalue weighted by atomic mass is 16.5. The number of carbonyl (C=O) groups is 3. The molecule has 0 atom stereocenters. The van der Waals surface area contributed by atoms with Crippen molar-refractivity contribution in [2.45, 2.75) is 20.3 Å². The second-order valence-corrected chi connectivity index (χ2v) is 6.31. The zero-order chi connectivity index (χ0) is 21.2. The third-order valence-electron chi connectivity index (χ3n) is 3.69. The summed E-state index contributed by atoms with van der Waals surface area (Å²) in [5.74, 6) is -0.246. The number of hydrogen-bond donors (Lipinski definition) is 4. The molecule has 3 amide bonds. The number of nitrogens with one attached hydrogen (secondary N) is 4. The van der Waals surface area contributed by atoms with E-state index < -0.39 is 5.91 Å². The summed E-state index contributed by atoms with van der Waals surface area (Å²) in [5.41, 5.74) is 7.50. The van der Waals surface area contributed by atoms with Gasteiger partial charge in [0.25, 0.3) is 5.91 Å². The standard InChI is InChI=1S/C21H24N4O4/c1-14-6-4-5-7-19(14)29-13-21(28)25-24-15(2)12-20(27)23-18-10-8-17(9-11-18)22-16(3)26/h4-11,24H,2,12-13H2,1,3H3,(H,22,26)(H,23,27)(H,25,28). The maximum Gasteiger partial charge on any atom is 0.276 e. The van der Waals surface area contributed by atoms with E-state index in [2.05, 4.69) is 28.1 Å². The van der Waals surface area contributed by atoms with Crippen LogP contribution in [0.25, 0.3) is 0 Å². The van der Waals surface area contributed by atoms with Crippen LogP contribution >= 0.6 is 0 Å². The minimum atomic E-state index is -0.400. The molecule has 0 radical (unpaired) electrons. The van der Waals surface area contributed by atoms with E-state index >= 15 is 0 Å². The Labute approximate surface area is 169 Å². The molecule has 2 rings (SSSR count). The van der Waals surface area contributed by atoms with Crippen molar-refractivity contribution in [2.24, 2.45) is 0 Å². The molecule has 4 N–H and O–H groups in total. The van der Waals surface area contributed by atoms with Gasteiger partial charge in [0.2, 0.25) is 11.8 Å². The van der Waals surface area contributed by atoms with E-state index in [-0.39, 0.29) is 24.8 Å². The Morgan fingerprint density at radius 3 is 2.14 bits per heavy atom. The second-order valence-electron chi connectivity index (χ2n) is 6.31. The summed E-state index contributed by atoms with van der Waals surface area (Å²) >= 11 is 0. The summed E-state index contributed by atoms with van der Waals surface area (Å²) in [7, 11) is 0. The number of para-hydroxylation sites is 1.